The van der Waals surface area contributed by atoms with Gasteiger partial charge in [-0.1, -0.05) is 55.8 Å². The number of fused-ring (bicyclic) bond motifs is 1. The molecule has 5 heteroatoms. The number of ketones is 1. The molecule has 5 rings (SSSR count). The smallest absolute Gasteiger partial charge is 0.231 e. The predicted octanol–water partition coefficient (Wildman–Crippen LogP) is 5.83. The maximum Gasteiger partial charge on any atom is 0.231 e. The summed E-state index contributed by atoms with van der Waals surface area (Å²) in [5.74, 6) is 2.43. The second-order valence-electron chi connectivity index (χ2n) is 8.88. The molecular formula is C28H28O4S. The molecule has 3 aromatic carbocycles. The lowest BCUT2D eigenvalue weighted by molar-refractivity contribution is -0.120. The van der Waals surface area contributed by atoms with Gasteiger partial charge in [-0.05, 0) is 65.8 Å². The standard InChI is InChI=1S/C28H28O4S/c1-2-3-15-33(30)24-10-7-21(8-11-24)22-6-4-5-20(16-22)17-27(29)28(13-14-28)23-9-12-25-26(18-23)32-19-31-25/h4-12,16,18H,2-3,13-15,17,19H2,1H3. The maximum absolute atomic E-state index is 13.3. The Morgan fingerprint density at radius 1 is 0.939 bits per heavy atom. The molecule has 0 bridgehead atoms. The zero-order valence-electron chi connectivity index (χ0n) is 18.8. The van der Waals surface area contributed by atoms with Crippen molar-refractivity contribution in [3.8, 4) is 22.6 Å². The lowest BCUT2D eigenvalue weighted by Crippen LogP contribution is -2.22. The molecule has 0 saturated heterocycles. The SMILES string of the molecule is CCCCS(=O)c1ccc(-c2cccc(CC(=O)C3(c4ccc5c(c4)OCO5)CC3)c2)cc1. The molecule has 1 atom stereocenters. The first-order valence-corrected chi connectivity index (χ1v) is 12.9. The van der Waals surface area contributed by atoms with Crippen LogP contribution in [0, 0.1) is 0 Å². The van der Waals surface area contributed by atoms with E-state index in [9.17, 15) is 9.00 Å². The van der Waals surface area contributed by atoms with Gasteiger partial charge in [0.2, 0.25) is 6.79 Å². The van der Waals surface area contributed by atoms with Crippen LogP contribution in [0.5, 0.6) is 11.5 Å². The van der Waals surface area contributed by atoms with Crippen LogP contribution in [0.1, 0.15) is 43.7 Å². The summed E-state index contributed by atoms with van der Waals surface area (Å²) < 4.78 is 23.3. The summed E-state index contributed by atoms with van der Waals surface area (Å²) in [6, 6.07) is 22.0. The molecule has 3 aromatic rings. The van der Waals surface area contributed by atoms with Gasteiger partial charge in [0.05, 0.1) is 16.2 Å². The van der Waals surface area contributed by atoms with Crippen molar-refractivity contribution in [2.45, 2.75) is 49.3 Å². The first kappa shape index (κ1) is 21.9. The van der Waals surface area contributed by atoms with Gasteiger partial charge in [-0.2, -0.15) is 0 Å². The molecule has 4 nitrogen and oxygen atoms in total. The average Bonchev–Trinajstić information content (AvgIpc) is 3.53. The van der Waals surface area contributed by atoms with Gasteiger partial charge in [0.25, 0.3) is 0 Å². The summed E-state index contributed by atoms with van der Waals surface area (Å²) >= 11 is 0. The van der Waals surface area contributed by atoms with Crippen LogP contribution in [0.25, 0.3) is 11.1 Å². The van der Waals surface area contributed by atoms with Gasteiger partial charge in [-0.15, -0.1) is 0 Å². The molecular weight excluding hydrogens is 432 g/mol. The van der Waals surface area contributed by atoms with Crippen molar-refractivity contribution in [1.82, 2.24) is 0 Å². The molecule has 1 saturated carbocycles. The van der Waals surface area contributed by atoms with Crippen molar-refractivity contribution in [3.63, 3.8) is 0 Å². The molecule has 1 heterocycles. The summed E-state index contributed by atoms with van der Waals surface area (Å²) in [5, 5.41) is 0. The summed E-state index contributed by atoms with van der Waals surface area (Å²) in [6.45, 7) is 2.35. The Bertz CT molecular complexity index is 1190. The van der Waals surface area contributed by atoms with Gasteiger partial charge in [-0.25, -0.2) is 0 Å². The van der Waals surface area contributed by atoms with Crippen LogP contribution in [0.15, 0.2) is 71.6 Å². The van der Waals surface area contributed by atoms with E-state index in [4.69, 9.17) is 9.47 Å². The molecule has 33 heavy (non-hydrogen) atoms. The predicted molar refractivity (Wildman–Crippen MR) is 130 cm³/mol. The zero-order chi connectivity index (χ0) is 22.8. The summed E-state index contributed by atoms with van der Waals surface area (Å²) in [4.78, 5) is 14.2. The number of carbonyl (C=O) groups is 1. The Kier molecular flexibility index (Phi) is 6.07. The van der Waals surface area contributed by atoms with E-state index < -0.39 is 16.2 Å². The van der Waals surface area contributed by atoms with E-state index in [1.54, 1.807) is 0 Å². The minimum atomic E-state index is -0.943. The Morgan fingerprint density at radius 3 is 2.48 bits per heavy atom. The third kappa shape index (κ3) is 4.47. The molecule has 2 aliphatic rings. The molecule has 1 aliphatic carbocycles. The summed E-state index contributed by atoms with van der Waals surface area (Å²) in [5.41, 5.74) is 3.78. The van der Waals surface area contributed by atoms with E-state index in [1.807, 2.05) is 54.6 Å². The van der Waals surface area contributed by atoms with E-state index in [0.717, 1.165) is 64.3 Å². The van der Waals surface area contributed by atoms with E-state index in [1.165, 1.54) is 0 Å². The number of rotatable bonds is 9. The minimum Gasteiger partial charge on any atom is -0.454 e. The van der Waals surface area contributed by atoms with Crippen molar-refractivity contribution >= 4 is 16.6 Å². The fourth-order valence-corrected chi connectivity index (χ4v) is 5.68. The van der Waals surface area contributed by atoms with Crippen LogP contribution in [-0.2, 0) is 27.4 Å². The Labute approximate surface area is 197 Å². The summed E-state index contributed by atoms with van der Waals surface area (Å²) in [7, 11) is -0.943. The number of hydrogen-bond donors (Lipinski definition) is 0. The van der Waals surface area contributed by atoms with Crippen LogP contribution in [-0.4, -0.2) is 22.5 Å². The highest BCUT2D eigenvalue weighted by Crippen LogP contribution is 2.51. The quantitative estimate of drug-likeness (QED) is 0.403. The number of Topliss-reactive ketones (excluding diaryl/α,β-unsaturated/α-hetero) is 1. The monoisotopic (exact) mass is 460 g/mol. The highest BCUT2D eigenvalue weighted by molar-refractivity contribution is 7.85. The van der Waals surface area contributed by atoms with Crippen LogP contribution in [0.2, 0.25) is 0 Å². The van der Waals surface area contributed by atoms with Crippen LogP contribution in [0.4, 0.5) is 0 Å². The third-order valence-electron chi connectivity index (χ3n) is 6.63. The molecule has 0 aromatic heterocycles. The molecule has 0 N–H and O–H groups in total. The highest BCUT2D eigenvalue weighted by Gasteiger charge is 2.50. The second-order valence-corrected chi connectivity index (χ2v) is 10.4. The van der Waals surface area contributed by atoms with Crippen molar-refractivity contribution in [3.05, 3.63) is 77.9 Å². The Balaban J connectivity index is 1.31. The van der Waals surface area contributed by atoms with Gasteiger partial charge < -0.3 is 9.47 Å². The van der Waals surface area contributed by atoms with Crippen LogP contribution < -0.4 is 9.47 Å². The number of carbonyl (C=O) groups excluding carboxylic acids is 1. The van der Waals surface area contributed by atoms with Crippen LogP contribution >= 0.6 is 0 Å². The van der Waals surface area contributed by atoms with Gasteiger partial charge in [0.1, 0.15) is 5.78 Å². The van der Waals surface area contributed by atoms with E-state index >= 15 is 0 Å². The van der Waals surface area contributed by atoms with E-state index in [2.05, 4.69) is 19.1 Å². The Hall–Kier alpha value is -2.92. The van der Waals surface area contributed by atoms with Gasteiger partial charge in [-0.3, -0.25) is 9.00 Å². The largest absolute Gasteiger partial charge is 0.454 e. The van der Waals surface area contributed by atoms with E-state index in [0.29, 0.717) is 12.2 Å². The van der Waals surface area contributed by atoms with Gasteiger partial charge >= 0.3 is 0 Å². The Morgan fingerprint density at radius 2 is 1.73 bits per heavy atom. The van der Waals surface area contributed by atoms with Crippen molar-refractivity contribution in [2.24, 2.45) is 0 Å². The average molecular weight is 461 g/mol. The number of ether oxygens (including phenoxy) is 2. The highest BCUT2D eigenvalue weighted by atomic mass is 32.2. The molecule has 0 radical (unpaired) electrons. The lowest BCUT2D eigenvalue weighted by atomic mass is 9.87. The second kappa shape index (κ2) is 9.14. The molecule has 0 spiro atoms. The summed E-state index contributed by atoms with van der Waals surface area (Å²) in [6.07, 6.45) is 4.18. The van der Waals surface area contributed by atoms with Gasteiger partial charge in [0, 0.05) is 17.1 Å². The third-order valence-corrected chi connectivity index (χ3v) is 8.09. The number of benzene rings is 3. The number of hydrogen-bond acceptors (Lipinski definition) is 4. The molecule has 1 fully saturated rings. The first-order chi connectivity index (χ1) is 16.1. The first-order valence-electron chi connectivity index (χ1n) is 11.6. The fraction of sp³-hybridized carbons (Fsp3) is 0.321. The number of unbranched alkanes of at least 4 members (excludes halogenated alkanes) is 1. The van der Waals surface area contributed by atoms with E-state index in [-0.39, 0.29) is 12.6 Å². The molecule has 1 aliphatic heterocycles. The lowest BCUT2D eigenvalue weighted by Gasteiger charge is -2.15. The van der Waals surface area contributed by atoms with Crippen molar-refractivity contribution in [2.75, 3.05) is 12.5 Å². The molecule has 1 unspecified atom stereocenters. The van der Waals surface area contributed by atoms with Crippen LogP contribution in [0.3, 0.4) is 0 Å². The molecule has 170 valence electrons. The normalized spacial score (nSPS) is 16.4. The van der Waals surface area contributed by atoms with Crippen molar-refractivity contribution in [1.29, 1.82) is 0 Å². The topological polar surface area (TPSA) is 52.6 Å². The molecule has 0 amide bonds. The minimum absolute atomic E-state index is 0.238. The maximum atomic E-state index is 13.3. The zero-order valence-corrected chi connectivity index (χ0v) is 19.7. The van der Waals surface area contributed by atoms with Crippen molar-refractivity contribution < 1.29 is 18.5 Å². The fourth-order valence-electron chi connectivity index (χ4n) is 4.46. The van der Waals surface area contributed by atoms with Gasteiger partial charge in [0.15, 0.2) is 11.5 Å².